The summed E-state index contributed by atoms with van der Waals surface area (Å²) in [4.78, 5) is 4.96. The fourth-order valence-electron chi connectivity index (χ4n) is 13.9. The van der Waals surface area contributed by atoms with Gasteiger partial charge < -0.3 is 9.80 Å². The number of allylic oxidation sites excluding steroid dienone is 7. The number of anilines is 5. The molecule has 2 heteroatoms. The predicted octanol–water partition coefficient (Wildman–Crippen LogP) is 19.1. The lowest BCUT2D eigenvalue weighted by atomic mass is 9.80. The Bertz CT molecular complexity index is 3780. The van der Waals surface area contributed by atoms with Crippen LogP contribution < -0.4 is 9.80 Å². The maximum Gasteiger partial charge on any atom is 0.0465 e. The summed E-state index contributed by atoms with van der Waals surface area (Å²) in [6, 6.07) is 81.4. The lowest BCUT2D eigenvalue weighted by Crippen LogP contribution is -2.22. The van der Waals surface area contributed by atoms with Gasteiger partial charge in [0.05, 0.1) is 0 Å². The first-order valence-electron chi connectivity index (χ1n) is 26.9. The van der Waals surface area contributed by atoms with Crippen LogP contribution in [0.3, 0.4) is 0 Å². The van der Waals surface area contributed by atoms with E-state index in [1.165, 1.54) is 83.7 Å². The molecule has 75 heavy (non-hydrogen) atoms. The highest BCUT2D eigenvalue weighted by molar-refractivity contribution is 5.88. The van der Waals surface area contributed by atoms with Crippen molar-refractivity contribution in [2.45, 2.75) is 56.3 Å². The van der Waals surface area contributed by atoms with Crippen LogP contribution in [0.1, 0.15) is 67.9 Å². The smallest absolute Gasteiger partial charge is 0.0465 e. The van der Waals surface area contributed by atoms with E-state index in [-0.39, 0.29) is 16.2 Å². The van der Waals surface area contributed by atoms with Crippen molar-refractivity contribution in [1.82, 2.24) is 0 Å². The third-order valence-electron chi connectivity index (χ3n) is 17.7. The molecule has 0 saturated heterocycles. The van der Waals surface area contributed by atoms with E-state index in [4.69, 9.17) is 0 Å². The Morgan fingerprint density at radius 3 is 1.40 bits per heavy atom. The maximum atomic E-state index is 2.61. The van der Waals surface area contributed by atoms with E-state index in [2.05, 4.69) is 298 Å². The second kappa shape index (κ2) is 17.3. The number of nitrogens with zero attached hydrogens (tertiary/aromatic N) is 2. The first kappa shape index (κ1) is 45.2. The molecule has 0 heterocycles. The number of hydrogen-bond donors (Lipinski definition) is 0. The lowest BCUT2D eigenvalue weighted by Gasteiger charge is -2.31. The minimum Gasteiger partial charge on any atom is -0.311 e. The van der Waals surface area contributed by atoms with E-state index in [1.807, 2.05) is 0 Å². The number of fused-ring (bicyclic) bond motifs is 5. The number of rotatable bonds is 10. The quantitative estimate of drug-likeness (QED) is 0.135. The molecule has 0 N–H and O–H groups in total. The van der Waals surface area contributed by atoms with Crippen molar-refractivity contribution in [3.05, 3.63) is 294 Å². The lowest BCUT2D eigenvalue weighted by molar-refractivity contribution is 0.448. The zero-order valence-electron chi connectivity index (χ0n) is 43.2. The monoisotopic (exact) mass is 964 g/mol. The number of benzene rings is 9. The highest BCUT2D eigenvalue weighted by Gasteiger charge is 2.73. The molecule has 0 aliphatic heterocycles. The van der Waals surface area contributed by atoms with Crippen molar-refractivity contribution < 1.29 is 0 Å². The SMILES string of the molecule is CC1(C)c2cc(N(C3=CC4C5C(C)(C)c6ccccc6C45C=C3)c3ccc(-c4ccc(-c5ccccc5)cc4)cc3)ccc2-c2ccc(N(c3ccc(-c4ccccc4)cc3)c3ccc(C4C=CC=CC4)cc3)cc21. The summed E-state index contributed by atoms with van der Waals surface area (Å²) in [7, 11) is 0. The van der Waals surface area contributed by atoms with Crippen molar-refractivity contribution in [1.29, 1.82) is 0 Å². The molecule has 4 atom stereocenters. The molecule has 14 rings (SSSR count). The third kappa shape index (κ3) is 7.29. The van der Waals surface area contributed by atoms with Gasteiger partial charge in [-0.05, 0) is 163 Å². The highest BCUT2D eigenvalue weighted by atomic mass is 15.2. The van der Waals surface area contributed by atoms with E-state index in [0.29, 0.717) is 17.8 Å². The van der Waals surface area contributed by atoms with Crippen molar-refractivity contribution in [3.63, 3.8) is 0 Å². The normalized spacial score (nSPS) is 20.5. The van der Waals surface area contributed by atoms with Gasteiger partial charge in [-0.15, -0.1) is 0 Å². The molecular formula is C73H60N2. The molecule has 5 aliphatic carbocycles. The summed E-state index contributed by atoms with van der Waals surface area (Å²) in [5.74, 6) is 1.37. The van der Waals surface area contributed by atoms with Gasteiger partial charge in [-0.2, -0.15) is 0 Å². The van der Waals surface area contributed by atoms with Gasteiger partial charge in [0.15, 0.2) is 0 Å². The van der Waals surface area contributed by atoms with Crippen LogP contribution in [-0.4, -0.2) is 0 Å². The minimum absolute atomic E-state index is 0.0640. The molecule has 1 saturated carbocycles. The van der Waals surface area contributed by atoms with Crippen LogP contribution in [0.15, 0.2) is 267 Å². The van der Waals surface area contributed by atoms with Gasteiger partial charge in [-0.3, -0.25) is 0 Å². The molecular weight excluding hydrogens is 905 g/mol. The highest BCUT2D eigenvalue weighted by Crippen LogP contribution is 2.75. The molecule has 9 aromatic rings. The van der Waals surface area contributed by atoms with Crippen LogP contribution in [-0.2, 0) is 16.2 Å². The van der Waals surface area contributed by atoms with Gasteiger partial charge in [0.2, 0.25) is 0 Å². The summed E-state index contributed by atoms with van der Waals surface area (Å²) in [5.41, 5.74) is 23.8. The van der Waals surface area contributed by atoms with Gasteiger partial charge in [-0.25, -0.2) is 0 Å². The first-order valence-corrected chi connectivity index (χ1v) is 26.9. The predicted molar refractivity (Wildman–Crippen MR) is 315 cm³/mol. The largest absolute Gasteiger partial charge is 0.311 e. The van der Waals surface area contributed by atoms with E-state index >= 15 is 0 Å². The van der Waals surface area contributed by atoms with Crippen molar-refractivity contribution in [3.8, 4) is 44.5 Å². The molecule has 2 nitrogen and oxygen atoms in total. The third-order valence-corrected chi connectivity index (χ3v) is 17.7. The Morgan fingerprint density at radius 2 is 0.867 bits per heavy atom. The molecule has 4 unspecified atom stereocenters. The van der Waals surface area contributed by atoms with Crippen LogP contribution >= 0.6 is 0 Å². The molecule has 362 valence electrons. The molecule has 0 radical (unpaired) electrons. The molecule has 0 aromatic heterocycles. The van der Waals surface area contributed by atoms with Crippen molar-refractivity contribution >= 4 is 28.4 Å². The van der Waals surface area contributed by atoms with Gasteiger partial charge in [-0.1, -0.05) is 222 Å². The molecule has 0 bridgehead atoms. The van der Waals surface area contributed by atoms with Crippen LogP contribution in [0.25, 0.3) is 44.5 Å². The summed E-state index contributed by atoms with van der Waals surface area (Å²) in [6.07, 6.45) is 17.5. The second-order valence-corrected chi connectivity index (χ2v) is 22.5. The average Bonchev–Trinajstić information content (AvgIpc) is 4.14. The molecule has 9 aromatic carbocycles. The van der Waals surface area contributed by atoms with Gasteiger partial charge >= 0.3 is 0 Å². The zero-order chi connectivity index (χ0) is 50.5. The fraction of sp³-hybridized carbons (Fsp3) is 0.151. The van der Waals surface area contributed by atoms with E-state index in [1.54, 1.807) is 0 Å². The van der Waals surface area contributed by atoms with E-state index in [0.717, 1.165) is 29.2 Å². The summed E-state index contributed by atoms with van der Waals surface area (Å²) in [6.45, 7) is 9.76. The van der Waals surface area contributed by atoms with Crippen LogP contribution in [0.2, 0.25) is 0 Å². The zero-order valence-corrected chi connectivity index (χ0v) is 43.2. The molecule has 1 fully saturated rings. The van der Waals surface area contributed by atoms with Crippen LogP contribution in [0.5, 0.6) is 0 Å². The Morgan fingerprint density at radius 1 is 0.413 bits per heavy atom. The molecule has 1 spiro atoms. The van der Waals surface area contributed by atoms with Crippen molar-refractivity contribution in [2.75, 3.05) is 9.80 Å². The second-order valence-electron chi connectivity index (χ2n) is 22.5. The summed E-state index contributed by atoms with van der Waals surface area (Å²) in [5, 5.41) is 0. The fourth-order valence-corrected chi connectivity index (χ4v) is 13.9. The van der Waals surface area contributed by atoms with Crippen LogP contribution in [0, 0.1) is 11.8 Å². The van der Waals surface area contributed by atoms with Crippen LogP contribution in [0.4, 0.5) is 28.4 Å². The van der Waals surface area contributed by atoms with E-state index in [9.17, 15) is 0 Å². The number of hydrogen-bond acceptors (Lipinski definition) is 2. The Kier molecular flexibility index (Phi) is 10.4. The molecule has 0 amide bonds. The van der Waals surface area contributed by atoms with E-state index < -0.39 is 0 Å². The van der Waals surface area contributed by atoms with Gasteiger partial charge in [0, 0.05) is 50.9 Å². The maximum absolute atomic E-state index is 2.61. The summed E-state index contributed by atoms with van der Waals surface area (Å²) >= 11 is 0. The van der Waals surface area contributed by atoms with Gasteiger partial charge in [0.1, 0.15) is 0 Å². The Balaban J connectivity index is 0.833. The average molecular weight is 965 g/mol. The Labute approximate surface area is 443 Å². The van der Waals surface area contributed by atoms with Gasteiger partial charge in [0.25, 0.3) is 0 Å². The first-order chi connectivity index (χ1) is 36.7. The summed E-state index contributed by atoms with van der Waals surface area (Å²) < 4.78 is 0. The minimum atomic E-state index is -0.270. The topological polar surface area (TPSA) is 6.48 Å². The molecule has 5 aliphatic rings. The Hall–Kier alpha value is -8.46. The van der Waals surface area contributed by atoms with Crippen molar-refractivity contribution in [2.24, 2.45) is 11.8 Å². The standard InChI is InChI=1S/C73H60N2/c1-71(2)67-46-60(74(57-34-28-54(29-35-57)50-18-10-6-11-19-50)58-36-30-55(31-37-58)51-20-12-7-13-21-51)40-42-63(67)64-43-41-61(47-68(64)71)75(62-44-45-73-66-23-15-14-22-65(66)72(3,4)70(73)69(73)48-62)59-38-32-56(33-39-59)53-26-24-52(25-27-53)49-16-8-5-9-17-49/h5-20,22-48,51,69-70H,21H2,1-4H3.